The summed E-state index contributed by atoms with van der Waals surface area (Å²) in [6.45, 7) is 0. The molecule has 0 aromatic rings. The van der Waals surface area contributed by atoms with Crippen LogP contribution < -0.4 is 5.32 Å². The van der Waals surface area contributed by atoms with Crippen LogP contribution in [0.25, 0.3) is 0 Å². The zero-order chi connectivity index (χ0) is 11.8. The molecule has 0 radical (unpaired) electrons. The third kappa shape index (κ3) is 1.97. The van der Waals surface area contributed by atoms with E-state index in [4.69, 9.17) is 9.47 Å². The summed E-state index contributed by atoms with van der Waals surface area (Å²) in [7, 11) is 1.47. The molecule has 1 saturated carbocycles. The molecule has 1 N–H and O–H groups in total. The SMILES string of the molecule is COC(=O)[C@H]1C2CCC(O2)C1NC1CCCC1. The summed E-state index contributed by atoms with van der Waals surface area (Å²) < 4.78 is 10.8. The Morgan fingerprint density at radius 1 is 1.18 bits per heavy atom. The van der Waals surface area contributed by atoms with Crippen molar-refractivity contribution in [2.24, 2.45) is 5.92 Å². The molecule has 3 fully saturated rings. The Kier molecular flexibility index (Phi) is 3.09. The van der Waals surface area contributed by atoms with E-state index in [1.165, 1.54) is 32.8 Å². The van der Waals surface area contributed by atoms with Crippen molar-refractivity contribution in [2.45, 2.75) is 62.8 Å². The van der Waals surface area contributed by atoms with Gasteiger partial charge in [-0.3, -0.25) is 4.79 Å². The minimum atomic E-state index is -0.104. The number of carbonyl (C=O) groups is 1. The van der Waals surface area contributed by atoms with Gasteiger partial charge in [0.05, 0.1) is 19.3 Å². The van der Waals surface area contributed by atoms with Crippen LogP contribution in [0.15, 0.2) is 0 Å². The van der Waals surface area contributed by atoms with Crippen LogP contribution in [0.3, 0.4) is 0 Å². The zero-order valence-electron chi connectivity index (χ0n) is 10.4. The lowest BCUT2D eigenvalue weighted by atomic mass is 9.84. The van der Waals surface area contributed by atoms with E-state index in [0.717, 1.165) is 12.8 Å². The molecule has 4 heteroatoms. The molecule has 0 aromatic heterocycles. The topological polar surface area (TPSA) is 47.6 Å². The zero-order valence-corrected chi connectivity index (χ0v) is 10.4. The van der Waals surface area contributed by atoms with Crippen molar-refractivity contribution < 1.29 is 14.3 Å². The number of hydrogen-bond donors (Lipinski definition) is 1. The quantitative estimate of drug-likeness (QED) is 0.753. The number of nitrogens with one attached hydrogen (secondary N) is 1. The molecule has 0 aromatic carbocycles. The van der Waals surface area contributed by atoms with Crippen LogP contribution in [-0.2, 0) is 14.3 Å². The van der Waals surface area contributed by atoms with Crippen LogP contribution in [-0.4, -0.2) is 37.4 Å². The maximum absolute atomic E-state index is 11.8. The van der Waals surface area contributed by atoms with Gasteiger partial charge in [0.2, 0.25) is 0 Å². The number of methoxy groups -OCH3 is 1. The van der Waals surface area contributed by atoms with Gasteiger partial charge < -0.3 is 14.8 Å². The molecule has 4 atom stereocenters. The molecular formula is C13H21NO3. The molecule has 2 aliphatic heterocycles. The number of fused-ring (bicyclic) bond motifs is 2. The Morgan fingerprint density at radius 2 is 1.88 bits per heavy atom. The van der Waals surface area contributed by atoms with Crippen LogP contribution in [0.2, 0.25) is 0 Å². The van der Waals surface area contributed by atoms with Crippen molar-refractivity contribution in [2.75, 3.05) is 7.11 Å². The number of ether oxygens (including phenoxy) is 2. The lowest BCUT2D eigenvalue weighted by molar-refractivity contribution is -0.147. The molecule has 96 valence electrons. The maximum atomic E-state index is 11.8. The standard InChI is InChI=1S/C13H21NO3/c1-16-13(15)11-9-6-7-10(17-9)12(11)14-8-4-2-3-5-8/h8-12,14H,2-7H2,1H3/t9?,10?,11-,12?/m0/s1. The van der Waals surface area contributed by atoms with E-state index in [-0.39, 0.29) is 30.1 Å². The van der Waals surface area contributed by atoms with Gasteiger partial charge in [-0.1, -0.05) is 12.8 Å². The van der Waals surface area contributed by atoms with E-state index in [9.17, 15) is 4.79 Å². The van der Waals surface area contributed by atoms with Gasteiger partial charge in [0.25, 0.3) is 0 Å². The third-order valence-corrected chi connectivity index (χ3v) is 4.53. The molecule has 0 amide bonds. The molecule has 4 nitrogen and oxygen atoms in total. The van der Waals surface area contributed by atoms with Crippen molar-refractivity contribution in [3.63, 3.8) is 0 Å². The average molecular weight is 239 g/mol. The van der Waals surface area contributed by atoms with Crippen molar-refractivity contribution >= 4 is 5.97 Å². The molecule has 2 heterocycles. The summed E-state index contributed by atoms with van der Waals surface area (Å²) in [4.78, 5) is 11.8. The molecule has 2 saturated heterocycles. The van der Waals surface area contributed by atoms with E-state index in [1.807, 2.05) is 0 Å². The van der Waals surface area contributed by atoms with Crippen LogP contribution in [0.1, 0.15) is 38.5 Å². The molecule has 1 aliphatic carbocycles. The fraction of sp³-hybridized carbons (Fsp3) is 0.923. The largest absolute Gasteiger partial charge is 0.469 e. The first kappa shape index (κ1) is 11.5. The second-order valence-electron chi connectivity index (χ2n) is 5.51. The van der Waals surface area contributed by atoms with Crippen LogP contribution >= 0.6 is 0 Å². The van der Waals surface area contributed by atoms with E-state index in [1.54, 1.807) is 0 Å². The molecule has 3 rings (SSSR count). The predicted octanol–water partition coefficient (Wildman–Crippen LogP) is 1.24. The average Bonchev–Trinajstić information content (AvgIpc) is 3.03. The minimum absolute atomic E-state index is 0.0839. The summed E-state index contributed by atoms with van der Waals surface area (Å²) in [6.07, 6.45) is 7.50. The number of hydrogen-bond acceptors (Lipinski definition) is 4. The minimum Gasteiger partial charge on any atom is -0.469 e. The number of carbonyl (C=O) groups excluding carboxylic acids is 1. The summed E-state index contributed by atoms with van der Waals surface area (Å²) in [5.41, 5.74) is 0. The summed E-state index contributed by atoms with van der Waals surface area (Å²) in [5, 5.41) is 3.65. The van der Waals surface area contributed by atoms with E-state index in [0.29, 0.717) is 6.04 Å². The molecule has 2 bridgehead atoms. The van der Waals surface area contributed by atoms with Crippen LogP contribution in [0.4, 0.5) is 0 Å². The number of esters is 1. The van der Waals surface area contributed by atoms with E-state index < -0.39 is 0 Å². The summed E-state index contributed by atoms with van der Waals surface area (Å²) in [5.74, 6) is -0.188. The Morgan fingerprint density at radius 3 is 2.59 bits per heavy atom. The van der Waals surface area contributed by atoms with Gasteiger partial charge in [-0.15, -0.1) is 0 Å². The highest BCUT2D eigenvalue weighted by Crippen LogP contribution is 2.40. The first-order valence-electron chi connectivity index (χ1n) is 6.79. The molecule has 0 spiro atoms. The van der Waals surface area contributed by atoms with Gasteiger partial charge >= 0.3 is 5.97 Å². The normalized spacial score (nSPS) is 41.0. The van der Waals surface area contributed by atoms with Gasteiger partial charge in [0, 0.05) is 12.1 Å². The van der Waals surface area contributed by atoms with Crippen LogP contribution in [0, 0.1) is 5.92 Å². The lowest BCUT2D eigenvalue weighted by Crippen LogP contribution is -2.50. The van der Waals surface area contributed by atoms with Crippen molar-refractivity contribution in [1.29, 1.82) is 0 Å². The van der Waals surface area contributed by atoms with E-state index >= 15 is 0 Å². The van der Waals surface area contributed by atoms with Gasteiger partial charge in [0.15, 0.2) is 0 Å². The first-order valence-corrected chi connectivity index (χ1v) is 6.79. The van der Waals surface area contributed by atoms with Gasteiger partial charge in [0.1, 0.15) is 5.92 Å². The lowest BCUT2D eigenvalue weighted by Gasteiger charge is -2.29. The predicted molar refractivity (Wildman–Crippen MR) is 62.6 cm³/mol. The molecule has 3 aliphatic rings. The third-order valence-electron chi connectivity index (χ3n) is 4.53. The highest BCUT2D eigenvalue weighted by molar-refractivity contribution is 5.74. The summed E-state index contributed by atoms with van der Waals surface area (Å²) >= 11 is 0. The Bertz CT molecular complexity index is 301. The Balaban J connectivity index is 1.69. The maximum Gasteiger partial charge on any atom is 0.313 e. The monoisotopic (exact) mass is 239 g/mol. The molecule has 3 unspecified atom stereocenters. The number of rotatable bonds is 3. The first-order chi connectivity index (χ1) is 8.29. The van der Waals surface area contributed by atoms with E-state index in [2.05, 4.69) is 5.32 Å². The highest BCUT2D eigenvalue weighted by Gasteiger charge is 2.53. The molecular weight excluding hydrogens is 218 g/mol. The van der Waals surface area contributed by atoms with Gasteiger partial charge in [-0.25, -0.2) is 0 Å². The van der Waals surface area contributed by atoms with Gasteiger partial charge in [-0.2, -0.15) is 0 Å². The van der Waals surface area contributed by atoms with Crippen LogP contribution in [0.5, 0.6) is 0 Å². The fourth-order valence-electron chi connectivity index (χ4n) is 3.69. The highest BCUT2D eigenvalue weighted by atomic mass is 16.5. The van der Waals surface area contributed by atoms with Crippen molar-refractivity contribution in [3.05, 3.63) is 0 Å². The second kappa shape index (κ2) is 4.58. The molecule has 17 heavy (non-hydrogen) atoms. The smallest absolute Gasteiger partial charge is 0.313 e. The Hall–Kier alpha value is -0.610. The second-order valence-corrected chi connectivity index (χ2v) is 5.51. The summed E-state index contributed by atoms with van der Waals surface area (Å²) in [6, 6.07) is 0.763. The van der Waals surface area contributed by atoms with Gasteiger partial charge in [-0.05, 0) is 25.7 Å². The van der Waals surface area contributed by atoms with Crippen molar-refractivity contribution in [1.82, 2.24) is 5.32 Å². The van der Waals surface area contributed by atoms with Crippen molar-refractivity contribution in [3.8, 4) is 0 Å². The Labute approximate surface area is 102 Å². The fourth-order valence-corrected chi connectivity index (χ4v) is 3.69.